The Kier molecular flexibility index (Phi) is 4.63. The van der Waals surface area contributed by atoms with E-state index in [-0.39, 0.29) is 23.8 Å². The topological polar surface area (TPSA) is 72.2 Å². The number of nitrogens with two attached hydrogens (primary N) is 1. The van der Waals surface area contributed by atoms with Crippen molar-refractivity contribution < 1.29 is 9.59 Å². The lowest BCUT2D eigenvalue weighted by Crippen LogP contribution is -2.35. The molecule has 142 valence electrons. The molecule has 1 saturated carbocycles. The summed E-state index contributed by atoms with van der Waals surface area (Å²) in [6.07, 6.45) is 2.70. The third-order valence-electron chi connectivity index (χ3n) is 5.61. The molecule has 0 radical (unpaired) electrons. The zero-order valence-electron chi connectivity index (χ0n) is 16.0. The summed E-state index contributed by atoms with van der Waals surface area (Å²) >= 11 is 0. The van der Waals surface area contributed by atoms with Gasteiger partial charge in [0.15, 0.2) is 0 Å². The predicted molar refractivity (Wildman–Crippen MR) is 111 cm³/mol. The van der Waals surface area contributed by atoms with Crippen LogP contribution in [0.1, 0.15) is 46.3 Å². The highest BCUT2D eigenvalue weighted by atomic mass is 16.2. The largest absolute Gasteiger partial charge is 0.370 e. The van der Waals surface area contributed by atoms with Crippen LogP contribution in [-0.2, 0) is 16.8 Å². The van der Waals surface area contributed by atoms with Gasteiger partial charge in [0.25, 0.3) is 5.91 Å². The normalized spacial score (nSPS) is 14.6. The van der Waals surface area contributed by atoms with Gasteiger partial charge in [0.05, 0.1) is 5.54 Å². The van der Waals surface area contributed by atoms with Gasteiger partial charge in [0.2, 0.25) is 5.91 Å². The molecule has 4 rings (SSSR count). The Bertz CT molecular complexity index is 1060. The molecule has 0 unspecified atom stereocenters. The first kappa shape index (κ1) is 18.2. The molecule has 1 aliphatic carbocycles. The van der Waals surface area contributed by atoms with Crippen LogP contribution >= 0.6 is 0 Å². The van der Waals surface area contributed by atoms with Crippen LogP contribution in [0.4, 0.5) is 0 Å². The minimum absolute atomic E-state index is 0.0659. The zero-order valence-corrected chi connectivity index (χ0v) is 16.0. The fourth-order valence-corrected chi connectivity index (χ4v) is 3.85. The van der Waals surface area contributed by atoms with Gasteiger partial charge in [-0.2, -0.15) is 0 Å². The first-order chi connectivity index (χ1) is 13.5. The number of aryl methyl sites for hydroxylation is 2. The molecule has 0 spiro atoms. The second-order valence-electron chi connectivity index (χ2n) is 7.68. The van der Waals surface area contributed by atoms with Gasteiger partial charge in [-0.15, -0.1) is 0 Å². The van der Waals surface area contributed by atoms with Crippen LogP contribution in [0.5, 0.6) is 0 Å². The van der Waals surface area contributed by atoms with Gasteiger partial charge in [-0.1, -0.05) is 54.6 Å². The molecule has 0 atom stereocenters. The van der Waals surface area contributed by atoms with Crippen LogP contribution in [0.2, 0.25) is 0 Å². The number of rotatable bonds is 6. The van der Waals surface area contributed by atoms with Crippen LogP contribution in [0.15, 0.2) is 60.7 Å². The predicted octanol–water partition coefficient (Wildman–Crippen LogP) is 3.99. The van der Waals surface area contributed by atoms with E-state index in [0.717, 1.165) is 24.0 Å². The summed E-state index contributed by atoms with van der Waals surface area (Å²) in [5, 5.41) is 5.67. The third-order valence-corrected chi connectivity index (χ3v) is 5.61. The second-order valence-corrected chi connectivity index (χ2v) is 7.68. The molecule has 1 aliphatic rings. The van der Waals surface area contributed by atoms with Gasteiger partial charge >= 0.3 is 0 Å². The number of nitrogens with one attached hydrogen (secondary N) is 1. The molecule has 0 aliphatic heterocycles. The molecular formula is C24H24N2O2. The van der Waals surface area contributed by atoms with Crippen molar-refractivity contribution in [1.82, 2.24) is 5.32 Å². The van der Waals surface area contributed by atoms with E-state index in [4.69, 9.17) is 5.73 Å². The summed E-state index contributed by atoms with van der Waals surface area (Å²) in [5.74, 6) is -0.400. The number of amides is 2. The van der Waals surface area contributed by atoms with Gasteiger partial charge in [-0.3, -0.25) is 9.59 Å². The molecule has 4 heteroatoms. The number of hydrogen-bond donors (Lipinski definition) is 2. The van der Waals surface area contributed by atoms with E-state index in [0.29, 0.717) is 12.0 Å². The number of hydrogen-bond acceptors (Lipinski definition) is 2. The van der Waals surface area contributed by atoms with Crippen LogP contribution in [-0.4, -0.2) is 11.8 Å². The molecule has 2 amide bonds. The Balaban J connectivity index is 1.61. The Morgan fingerprint density at radius 3 is 2.54 bits per heavy atom. The van der Waals surface area contributed by atoms with Crippen LogP contribution in [0, 0.1) is 6.92 Å². The lowest BCUT2D eigenvalue weighted by Gasteiger charge is -2.21. The number of primary amides is 1. The van der Waals surface area contributed by atoms with Crippen molar-refractivity contribution >= 4 is 22.6 Å². The van der Waals surface area contributed by atoms with Crippen molar-refractivity contribution in [3.63, 3.8) is 0 Å². The van der Waals surface area contributed by atoms with Crippen LogP contribution in [0.3, 0.4) is 0 Å². The molecule has 3 aromatic rings. The Morgan fingerprint density at radius 2 is 1.79 bits per heavy atom. The second kappa shape index (κ2) is 7.12. The molecule has 1 fully saturated rings. The Hall–Kier alpha value is -3.14. The molecular weight excluding hydrogens is 348 g/mol. The summed E-state index contributed by atoms with van der Waals surface area (Å²) in [5.41, 5.74) is 8.67. The first-order valence-electron chi connectivity index (χ1n) is 9.67. The number of benzene rings is 3. The van der Waals surface area contributed by atoms with Crippen molar-refractivity contribution in [1.29, 1.82) is 0 Å². The highest BCUT2D eigenvalue weighted by Gasteiger charge is 2.46. The van der Waals surface area contributed by atoms with Gasteiger partial charge in [0, 0.05) is 12.0 Å². The highest BCUT2D eigenvalue weighted by molar-refractivity contribution is 5.97. The summed E-state index contributed by atoms with van der Waals surface area (Å²) in [6.45, 7) is 1.93. The monoisotopic (exact) mass is 372 g/mol. The molecule has 28 heavy (non-hydrogen) atoms. The van der Waals surface area contributed by atoms with Crippen molar-refractivity contribution in [2.75, 3.05) is 0 Å². The van der Waals surface area contributed by atoms with E-state index in [1.165, 1.54) is 16.3 Å². The Morgan fingerprint density at radius 1 is 1.04 bits per heavy atom. The highest BCUT2D eigenvalue weighted by Crippen LogP contribution is 2.48. The fourth-order valence-electron chi connectivity index (χ4n) is 3.85. The van der Waals surface area contributed by atoms with Crippen molar-refractivity contribution in [2.45, 2.75) is 38.1 Å². The lowest BCUT2D eigenvalue weighted by atomic mass is 9.96. The lowest BCUT2D eigenvalue weighted by molar-refractivity contribution is -0.117. The van der Waals surface area contributed by atoms with Gasteiger partial charge in [0.1, 0.15) is 0 Å². The average Bonchev–Trinajstić information content (AvgIpc) is 3.47. The summed E-state index contributed by atoms with van der Waals surface area (Å²) < 4.78 is 0. The maximum absolute atomic E-state index is 13.1. The maximum Gasteiger partial charge on any atom is 0.252 e. The van der Waals surface area contributed by atoms with Crippen LogP contribution in [0.25, 0.3) is 10.8 Å². The fraction of sp³-hybridized carbons (Fsp3) is 0.250. The maximum atomic E-state index is 13.1. The SMILES string of the molecule is Cc1ccc(CCC(N)=O)cc1C(=O)NC1(c2cccc3ccccc23)CC1. The minimum Gasteiger partial charge on any atom is -0.370 e. The minimum atomic E-state index is -0.334. The van der Waals surface area contributed by atoms with E-state index in [2.05, 4.69) is 35.6 Å². The molecule has 0 bridgehead atoms. The molecule has 0 saturated heterocycles. The molecule has 4 nitrogen and oxygen atoms in total. The summed E-state index contributed by atoms with van der Waals surface area (Å²) in [4.78, 5) is 24.2. The zero-order chi connectivity index (χ0) is 19.7. The number of fused-ring (bicyclic) bond motifs is 1. The van der Waals surface area contributed by atoms with Gasteiger partial charge in [-0.25, -0.2) is 0 Å². The van der Waals surface area contributed by atoms with Gasteiger partial charge in [-0.05, 0) is 59.7 Å². The van der Waals surface area contributed by atoms with E-state index in [9.17, 15) is 9.59 Å². The van der Waals surface area contributed by atoms with Crippen LogP contribution < -0.4 is 11.1 Å². The van der Waals surface area contributed by atoms with E-state index in [1.807, 2.05) is 37.3 Å². The Labute approximate surface area is 164 Å². The molecule has 0 aromatic heterocycles. The smallest absolute Gasteiger partial charge is 0.252 e. The standard InChI is InChI=1S/C24H24N2O2/c1-16-9-10-17(11-12-22(25)27)15-20(16)23(28)26-24(13-14-24)21-8-4-6-18-5-2-3-7-19(18)21/h2-10,15H,11-14H2,1H3,(H2,25,27)(H,26,28). The van der Waals surface area contributed by atoms with E-state index >= 15 is 0 Å². The van der Waals surface area contributed by atoms with E-state index < -0.39 is 0 Å². The first-order valence-corrected chi connectivity index (χ1v) is 9.67. The van der Waals surface area contributed by atoms with Gasteiger partial charge < -0.3 is 11.1 Å². The van der Waals surface area contributed by atoms with E-state index in [1.54, 1.807) is 0 Å². The summed E-state index contributed by atoms with van der Waals surface area (Å²) in [7, 11) is 0. The molecule has 0 heterocycles. The average molecular weight is 372 g/mol. The van der Waals surface area contributed by atoms with Crippen molar-refractivity contribution in [3.05, 3.63) is 82.9 Å². The quantitative estimate of drug-likeness (QED) is 0.687. The van der Waals surface area contributed by atoms with Crippen molar-refractivity contribution in [3.8, 4) is 0 Å². The van der Waals surface area contributed by atoms with Crippen molar-refractivity contribution in [2.24, 2.45) is 5.73 Å². The number of carbonyl (C=O) groups excluding carboxylic acids is 2. The molecule has 3 N–H and O–H groups in total. The third kappa shape index (κ3) is 3.50. The summed E-state index contributed by atoms with van der Waals surface area (Å²) in [6, 6.07) is 20.3. The number of carbonyl (C=O) groups is 2. The molecule has 3 aromatic carbocycles.